The van der Waals surface area contributed by atoms with E-state index in [-0.39, 0.29) is 13.7 Å². The molecule has 6 aromatic rings. The van der Waals surface area contributed by atoms with Gasteiger partial charge in [-0.15, -0.1) is 0 Å². The van der Waals surface area contributed by atoms with Crippen LogP contribution < -0.4 is 31.5 Å². The molecule has 0 unspecified atom stereocenters. The van der Waals surface area contributed by atoms with E-state index in [1.165, 1.54) is 83.5 Å². The van der Waals surface area contributed by atoms with Gasteiger partial charge in [-0.2, -0.15) is 0 Å². The van der Waals surface area contributed by atoms with Crippen LogP contribution in [0.25, 0.3) is 33.4 Å². The van der Waals surface area contributed by atoms with Gasteiger partial charge < -0.3 is 9.62 Å². The molecule has 4 aliphatic rings. The minimum absolute atomic E-state index is 0.114. The number of anilines is 4. The Morgan fingerprint density at radius 2 is 0.854 bits per heavy atom. The summed E-state index contributed by atoms with van der Waals surface area (Å²) in [6.07, 6.45) is 0. The van der Waals surface area contributed by atoms with Crippen molar-refractivity contribution in [2.45, 2.75) is 6.92 Å². The lowest BCUT2D eigenvalue weighted by atomic mass is 9.38. The predicted molar refractivity (Wildman–Crippen MR) is 175 cm³/mol. The summed E-state index contributed by atoms with van der Waals surface area (Å²) >= 11 is 0. The summed E-state index contributed by atoms with van der Waals surface area (Å²) < 4.78 is 0. The first kappa shape index (κ1) is 21.8. The Bertz CT molecular complexity index is 2120. The van der Waals surface area contributed by atoms with Gasteiger partial charge in [-0.25, -0.2) is 0 Å². The van der Waals surface area contributed by atoms with Crippen molar-refractivity contribution in [3.63, 3.8) is 0 Å². The fourth-order valence-electron chi connectivity index (χ4n) is 8.17. The summed E-state index contributed by atoms with van der Waals surface area (Å²) in [6.45, 7) is 2.43. The van der Waals surface area contributed by atoms with Gasteiger partial charge in [0.1, 0.15) is 0 Å². The van der Waals surface area contributed by atoms with Gasteiger partial charge in [0.05, 0.1) is 0 Å². The molecule has 4 heteroatoms. The third kappa shape index (κ3) is 2.61. The quantitative estimate of drug-likeness (QED) is 0.223. The summed E-state index contributed by atoms with van der Waals surface area (Å²) in [7, 11) is 0. The summed E-state index contributed by atoms with van der Waals surface area (Å²) in [4.78, 5) is 5.24. The van der Waals surface area contributed by atoms with E-state index in [2.05, 4.69) is 144 Å². The first-order valence-electron chi connectivity index (χ1n) is 14.5. The van der Waals surface area contributed by atoms with Gasteiger partial charge in [-0.3, -0.25) is 0 Å². The molecule has 6 aromatic carbocycles. The zero-order chi connectivity index (χ0) is 26.8. The Balaban J connectivity index is 1.35. The van der Waals surface area contributed by atoms with Crippen molar-refractivity contribution in [2.24, 2.45) is 0 Å². The molecule has 0 atom stereocenters. The van der Waals surface area contributed by atoms with Crippen LogP contribution >= 0.6 is 0 Å². The van der Waals surface area contributed by atoms with Crippen LogP contribution in [0.15, 0.2) is 127 Å². The molecule has 188 valence electrons. The molecular formula is C37H24B2N2. The monoisotopic (exact) mass is 518 g/mol. The van der Waals surface area contributed by atoms with Gasteiger partial charge >= 0.3 is 13.7 Å². The minimum atomic E-state index is 0.114. The predicted octanol–water partition coefficient (Wildman–Crippen LogP) is 6.14. The first-order valence-corrected chi connectivity index (χ1v) is 14.5. The van der Waals surface area contributed by atoms with Gasteiger partial charge in [-0.05, 0) is 70.2 Å². The number of hydrogen-bond donors (Lipinski definition) is 0. The normalized spacial score (nSPS) is 14.3. The molecule has 0 saturated carbocycles. The lowest BCUT2D eigenvalue weighted by Crippen LogP contribution is -2.65. The number of nitrogens with zero attached hydrogens (tertiary/aromatic N) is 2. The van der Waals surface area contributed by atoms with Crippen molar-refractivity contribution in [3.8, 4) is 33.4 Å². The molecule has 0 fully saturated rings. The van der Waals surface area contributed by atoms with Crippen molar-refractivity contribution in [1.82, 2.24) is 0 Å². The third-order valence-electron chi connectivity index (χ3n) is 9.69. The second kappa shape index (κ2) is 7.62. The van der Waals surface area contributed by atoms with Crippen molar-refractivity contribution >= 4 is 58.3 Å². The molecule has 0 amide bonds. The molecule has 0 N–H and O–H groups in total. The third-order valence-corrected chi connectivity index (χ3v) is 9.69. The van der Waals surface area contributed by atoms with Crippen LogP contribution in [0.5, 0.6) is 0 Å². The van der Waals surface area contributed by atoms with E-state index in [1.54, 1.807) is 0 Å². The maximum Gasteiger partial charge on any atom is 0.329 e. The Morgan fingerprint density at radius 1 is 0.390 bits per heavy atom. The molecular weight excluding hydrogens is 494 g/mol. The lowest BCUT2D eigenvalue weighted by molar-refractivity contribution is 1.31. The molecule has 4 heterocycles. The molecule has 10 rings (SSSR count). The van der Waals surface area contributed by atoms with Crippen molar-refractivity contribution in [3.05, 3.63) is 133 Å². The molecule has 0 aliphatic carbocycles. The molecule has 0 spiro atoms. The Morgan fingerprint density at radius 3 is 1.49 bits per heavy atom. The molecule has 0 saturated heterocycles. The van der Waals surface area contributed by atoms with Crippen LogP contribution in [0.4, 0.5) is 22.7 Å². The minimum Gasteiger partial charge on any atom is -0.376 e. The topological polar surface area (TPSA) is 6.48 Å². The number of rotatable bonds is 0. The maximum absolute atomic E-state index is 2.63. The van der Waals surface area contributed by atoms with Crippen LogP contribution in [-0.2, 0) is 0 Å². The molecule has 4 aliphatic heterocycles. The Hall–Kier alpha value is -4.95. The van der Waals surface area contributed by atoms with Gasteiger partial charge in [0.2, 0.25) is 0 Å². The average Bonchev–Trinajstić information content (AvgIpc) is 3.03. The summed E-state index contributed by atoms with van der Waals surface area (Å²) in [5.41, 5.74) is 20.1. The van der Waals surface area contributed by atoms with Crippen LogP contribution in [0.1, 0.15) is 5.56 Å². The Labute approximate surface area is 240 Å². The second-order valence-electron chi connectivity index (χ2n) is 11.7. The summed E-state index contributed by atoms with van der Waals surface area (Å²) in [5.74, 6) is 0. The lowest BCUT2D eigenvalue weighted by Gasteiger charge is -2.49. The molecule has 2 nitrogen and oxygen atoms in total. The zero-order valence-corrected chi connectivity index (χ0v) is 22.7. The fourth-order valence-corrected chi connectivity index (χ4v) is 8.17. The van der Waals surface area contributed by atoms with Crippen LogP contribution in [0.2, 0.25) is 0 Å². The van der Waals surface area contributed by atoms with E-state index in [9.17, 15) is 0 Å². The van der Waals surface area contributed by atoms with E-state index >= 15 is 0 Å². The standard InChI is InChI=1S/C37H24B2N2/c1-23-20-21-33-27(22-23)25-11-3-6-14-29(25)39-31-16-8-18-34-36(31)37-30(15-9-19-35(37)41(33)39)38-28-13-5-2-10-24(28)26-12-4-7-17-32(26)40(34)38/h2-22H,1H3. The number of fused-ring (bicyclic) bond motifs is 16. The van der Waals surface area contributed by atoms with Crippen molar-refractivity contribution < 1.29 is 0 Å². The highest BCUT2D eigenvalue weighted by molar-refractivity contribution is 6.96. The number of benzene rings is 6. The molecule has 0 radical (unpaired) electrons. The highest BCUT2D eigenvalue weighted by atomic mass is 15.1. The van der Waals surface area contributed by atoms with E-state index < -0.39 is 0 Å². The SMILES string of the molecule is Cc1ccc2c(c1)-c1ccccc1B1c3cccc4c3-c3c(cccc3N12)B1c2ccccc2-c2ccccc2N14. The van der Waals surface area contributed by atoms with Crippen LogP contribution in [0, 0.1) is 6.92 Å². The first-order chi connectivity index (χ1) is 20.3. The highest BCUT2D eigenvalue weighted by Crippen LogP contribution is 2.52. The number of hydrogen-bond acceptors (Lipinski definition) is 2. The van der Waals surface area contributed by atoms with Crippen LogP contribution in [-0.4, -0.2) is 13.7 Å². The summed E-state index contributed by atoms with van der Waals surface area (Å²) in [5, 5.41) is 0. The fraction of sp³-hybridized carbons (Fsp3) is 0.0270. The van der Waals surface area contributed by atoms with Crippen LogP contribution in [0.3, 0.4) is 0 Å². The number of aryl methyl sites for hydroxylation is 1. The van der Waals surface area contributed by atoms with Crippen molar-refractivity contribution in [1.29, 1.82) is 0 Å². The molecule has 0 bridgehead atoms. The zero-order valence-electron chi connectivity index (χ0n) is 22.7. The van der Waals surface area contributed by atoms with Gasteiger partial charge in [0.25, 0.3) is 0 Å². The average molecular weight is 518 g/mol. The summed E-state index contributed by atoms with van der Waals surface area (Å²) in [6, 6.07) is 47.9. The largest absolute Gasteiger partial charge is 0.376 e. The molecule has 41 heavy (non-hydrogen) atoms. The number of para-hydroxylation sites is 1. The Kier molecular flexibility index (Phi) is 4.05. The molecule has 0 aromatic heterocycles. The highest BCUT2D eigenvalue weighted by Gasteiger charge is 2.49. The maximum atomic E-state index is 2.63. The van der Waals surface area contributed by atoms with E-state index in [0.717, 1.165) is 0 Å². The van der Waals surface area contributed by atoms with E-state index in [0.29, 0.717) is 0 Å². The van der Waals surface area contributed by atoms with E-state index in [1.807, 2.05) is 0 Å². The van der Waals surface area contributed by atoms with Gasteiger partial charge in [0.15, 0.2) is 0 Å². The van der Waals surface area contributed by atoms with Gasteiger partial charge in [0, 0.05) is 45.0 Å². The van der Waals surface area contributed by atoms with Crippen molar-refractivity contribution in [2.75, 3.05) is 9.62 Å². The van der Waals surface area contributed by atoms with Gasteiger partial charge in [-0.1, -0.05) is 103 Å². The second-order valence-corrected chi connectivity index (χ2v) is 11.7. The smallest absolute Gasteiger partial charge is 0.329 e. The van der Waals surface area contributed by atoms with E-state index in [4.69, 9.17) is 0 Å².